The zero-order valence-corrected chi connectivity index (χ0v) is 18.5. The molecular formula is C25H21ClF2N2O3. The van der Waals surface area contributed by atoms with Crippen LogP contribution in [-0.2, 0) is 17.9 Å². The third-order valence-corrected chi connectivity index (χ3v) is 5.65. The fraction of sp³-hybridized carbons (Fsp3) is 0.200. The van der Waals surface area contributed by atoms with E-state index in [2.05, 4.69) is 5.32 Å². The van der Waals surface area contributed by atoms with Crippen molar-refractivity contribution in [2.24, 2.45) is 0 Å². The number of hydrogen-bond donors (Lipinski definition) is 1. The highest BCUT2D eigenvalue weighted by atomic mass is 35.5. The molecule has 1 aliphatic rings. The number of anilines is 1. The lowest BCUT2D eigenvalue weighted by Gasteiger charge is -2.23. The highest BCUT2D eigenvalue weighted by Crippen LogP contribution is 2.31. The van der Waals surface area contributed by atoms with Gasteiger partial charge < -0.3 is 15.0 Å². The Hall–Kier alpha value is -3.45. The summed E-state index contributed by atoms with van der Waals surface area (Å²) in [4.78, 5) is 27.2. The summed E-state index contributed by atoms with van der Waals surface area (Å²) in [5.41, 5.74) is 1.83. The minimum atomic E-state index is -0.728. The monoisotopic (exact) mass is 470 g/mol. The van der Waals surface area contributed by atoms with Gasteiger partial charge in [-0.1, -0.05) is 30.7 Å². The third-order valence-electron chi connectivity index (χ3n) is 5.32. The number of nitrogens with one attached hydrogen (secondary N) is 1. The second-order valence-electron chi connectivity index (χ2n) is 7.74. The number of nitrogens with zero attached hydrogens (tertiary/aromatic N) is 1. The number of carbonyl (C=O) groups excluding carboxylic acids is 2. The van der Waals surface area contributed by atoms with Gasteiger partial charge in [-0.05, 0) is 54.4 Å². The summed E-state index contributed by atoms with van der Waals surface area (Å²) in [6.45, 7) is 1.99. The molecule has 0 unspecified atom stereocenters. The molecule has 5 nitrogen and oxygen atoms in total. The third kappa shape index (κ3) is 5.14. The van der Waals surface area contributed by atoms with Gasteiger partial charge in [0.1, 0.15) is 17.4 Å². The highest BCUT2D eigenvalue weighted by molar-refractivity contribution is 6.34. The van der Waals surface area contributed by atoms with Crippen LogP contribution in [0.15, 0.2) is 60.7 Å². The van der Waals surface area contributed by atoms with Crippen LogP contribution < -0.4 is 10.1 Å². The van der Waals surface area contributed by atoms with E-state index in [0.717, 1.165) is 6.07 Å². The van der Waals surface area contributed by atoms with E-state index in [1.165, 1.54) is 17.0 Å². The maximum Gasteiger partial charge on any atom is 0.264 e. The fourth-order valence-corrected chi connectivity index (χ4v) is 3.97. The number of ether oxygens (including phenoxy) is 1. The average molecular weight is 471 g/mol. The predicted octanol–water partition coefficient (Wildman–Crippen LogP) is 5.57. The van der Waals surface area contributed by atoms with Crippen LogP contribution in [0.1, 0.15) is 34.8 Å². The van der Waals surface area contributed by atoms with Gasteiger partial charge in [-0.3, -0.25) is 9.59 Å². The lowest BCUT2D eigenvalue weighted by Crippen LogP contribution is -2.38. The number of carbonyl (C=O) groups is 2. The van der Waals surface area contributed by atoms with Crippen molar-refractivity contribution < 1.29 is 23.1 Å². The summed E-state index contributed by atoms with van der Waals surface area (Å²) in [7, 11) is 0. The van der Waals surface area contributed by atoms with Crippen LogP contribution in [-0.4, -0.2) is 22.8 Å². The van der Waals surface area contributed by atoms with Crippen LogP contribution in [0.3, 0.4) is 0 Å². The quantitative estimate of drug-likeness (QED) is 0.530. The topological polar surface area (TPSA) is 58.6 Å². The van der Waals surface area contributed by atoms with E-state index in [-0.39, 0.29) is 24.9 Å². The van der Waals surface area contributed by atoms with E-state index in [0.29, 0.717) is 39.6 Å². The number of hydrogen-bond acceptors (Lipinski definition) is 3. The summed E-state index contributed by atoms with van der Waals surface area (Å²) in [5, 5.41) is 3.14. The Labute approximate surface area is 194 Å². The zero-order valence-electron chi connectivity index (χ0n) is 17.8. The molecule has 0 aromatic heterocycles. The number of benzene rings is 3. The van der Waals surface area contributed by atoms with Crippen molar-refractivity contribution in [2.45, 2.75) is 32.5 Å². The van der Waals surface area contributed by atoms with Crippen LogP contribution >= 0.6 is 11.6 Å². The van der Waals surface area contributed by atoms with Gasteiger partial charge in [0, 0.05) is 30.4 Å². The van der Waals surface area contributed by atoms with Crippen molar-refractivity contribution in [2.75, 3.05) is 5.32 Å². The Kier molecular flexibility index (Phi) is 6.60. The Balaban J connectivity index is 1.61. The molecule has 0 aliphatic carbocycles. The molecule has 1 aliphatic heterocycles. The summed E-state index contributed by atoms with van der Waals surface area (Å²) in [6, 6.07) is 15.0. The zero-order chi connectivity index (χ0) is 23.5. The minimum absolute atomic E-state index is 0.0169. The maximum absolute atomic E-state index is 13.7. The van der Waals surface area contributed by atoms with Crippen molar-refractivity contribution >= 4 is 29.1 Å². The van der Waals surface area contributed by atoms with Gasteiger partial charge in [0.25, 0.3) is 11.8 Å². The van der Waals surface area contributed by atoms with E-state index >= 15 is 0 Å². The average Bonchev–Trinajstić information content (AvgIpc) is 2.89. The van der Waals surface area contributed by atoms with Crippen molar-refractivity contribution in [3.63, 3.8) is 0 Å². The van der Waals surface area contributed by atoms with Crippen LogP contribution in [0, 0.1) is 11.6 Å². The number of rotatable bonds is 5. The molecule has 8 heteroatoms. The van der Waals surface area contributed by atoms with Gasteiger partial charge in [0.2, 0.25) is 0 Å². The van der Waals surface area contributed by atoms with Gasteiger partial charge in [-0.25, -0.2) is 8.78 Å². The molecule has 0 saturated heterocycles. The standard InChI is InChI=1S/C25H21ClF2N2O3/c1-2-22-25(32)30(13-15-9-17(27)12-18(28)10-15)14-16-11-19(7-8-23(16)33-22)29-24(31)20-5-3-4-6-21(20)26/h3-12,22H,2,13-14H2,1H3,(H,29,31)/t22-/m0/s1. The summed E-state index contributed by atoms with van der Waals surface area (Å²) in [6.07, 6.45) is -0.301. The van der Waals surface area contributed by atoms with Gasteiger partial charge in [0.05, 0.1) is 10.6 Å². The summed E-state index contributed by atoms with van der Waals surface area (Å²) >= 11 is 6.11. The van der Waals surface area contributed by atoms with Gasteiger partial charge in [-0.2, -0.15) is 0 Å². The molecule has 0 bridgehead atoms. The van der Waals surface area contributed by atoms with Crippen LogP contribution in [0.5, 0.6) is 5.75 Å². The van der Waals surface area contributed by atoms with Gasteiger partial charge >= 0.3 is 0 Å². The molecule has 3 aromatic carbocycles. The molecule has 1 heterocycles. The fourth-order valence-electron chi connectivity index (χ4n) is 3.74. The molecule has 1 N–H and O–H groups in total. The van der Waals surface area contributed by atoms with E-state index in [4.69, 9.17) is 16.3 Å². The Morgan fingerprint density at radius 2 is 1.85 bits per heavy atom. The molecule has 3 aromatic rings. The summed E-state index contributed by atoms with van der Waals surface area (Å²) < 4.78 is 33.3. The van der Waals surface area contributed by atoms with E-state index in [1.807, 2.05) is 6.92 Å². The summed E-state index contributed by atoms with van der Waals surface area (Å²) in [5.74, 6) is -1.55. The molecule has 1 atom stereocenters. The van der Waals surface area contributed by atoms with E-state index < -0.39 is 17.7 Å². The first-order valence-electron chi connectivity index (χ1n) is 10.4. The molecular weight excluding hydrogens is 450 g/mol. The van der Waals surface area contributed by atoms with E-state index in [9.17, 15) is 18.4 Å². The Morgan fingerprint density at radius 3 is 2.55 bits per heavy atom. The molecule has 0 fully saturated rings. The molecule has 0 radical (unpaired) electrons. The van der Waals surface area contributed by atoms with Crippen LogP contribution in [0.4, 0.5) is 14.5 Å². The molecule has 33 heavy (non-hydrogen) atoms. The second-order valence-corrected chi connectivity index (χ2v) is 8.15. The maximum atomic E-state index is 13.7. The molecule has 2 amide bonds. The normalized spacial score (nSPS) is 15.5. The molecule has 0 saturated carbocycles. The molecule has 0 spiro atoms. The molecule has 170 valence electrons. The smallest absolute Gasteiger partial charge is 0.264 e. The van der Waals surface area contributed by atoms with Gasteiger partial charge in [-0.15, -0.1) is 0 Å². The Bertz CT molecular complexity index is 1200. The first-order valence-corrected chi connectivity index (χ1v) is 10.8. The van der Waals surface area contributed by atoms with Crippen molar-refractivity contribution in [3.05, 3.63) is 94.0 Å². The van der Waals surface area contributed by atoms with Crippen molar-refractivity contribution in [3.8, 4) is 5.75 Å². The lowest BCUT2D eigenvalue weighted by atomic mass is 10.1. The number of fused-ring (bicyclic) bond motifs is 1. The predicted molar refractivity (Wildman–Crippen MR) is 121 cm³/mol. The lowest BCUT2D eigenvalue weighted by molar-refractivity contribution is -0.139. The number of amides is 2. The SMILES string of the molecule is CC[C@@H]1Oc2ccc(NC(=O)c3ccccc3Cl)cc2CN(Cc2cc(F)cc(F)c2)C1=O. The first-order chi connectivity index (χ1) is 15.8. The van der Waals surface area contributed by atoms with Crippen LogP contribution in [0.25, 0.3) is 0 Å². The first kappa shape index (κ1) is 22.7. The Morgan fingerprint density at radius 1 is 1.12 bits per heavy atom. The van der Waals surface area contributed by atoms with E-state index in [1.54, 1.807) is 42.5 Å². The van der Waals surface area contributed by atoms with Gasteiger partial charge in [0.15, 0.2) is 6.10 Å². The van der Waals surface area contributed by atoms with Crippen LogP contribution in [0.2, 0.25) is 5.02 Å². The molecule has 4 rings (SSSR count). The van der Waals surface area contributed by atoms with Crippen molar-refractivity contribution in [1.29, 1.82) is 0 Å². The number of halogens is 3. The largest absolute Gasteiger partial charge is 0.480 e. The second kappa shape index (κ2) is 9.58. The minimum Gasteiger partial charge on any atom is -0.480 e. The highest BCUT2D eigenvalue weighted by Gasteiger charge is 2.30. The van der Waals surface area contributed by atoms with Crippen molar-refractivity contribution in [1.82, 2.24) is 4.90 Å².